The molecule has 0 aromatic heterocycles. The van der Waals surface area contributed by atoms with E-state index in [9.17, 15) is 24.0 Å². The van der Waals surface area contributed by atoms with Crippen LogP contribution in [0, 0.1) is 0 Å². The van der Waals surface area contributed by atoms with E-state index in [0.29, 0.717) is 0 Å². The Kier molecular flexibility index (Phi) is 7.11. The summed E-state index contributed by atoms with van der Waals surface area (Å²) in [5.74, 6) is -5.84. The lowest BCUT2D eigenvalue weighted by molar-refractivity contribution is -0.150. The van der Waals surface area contributed by atoms with Crippen molar-refractivity contribution >= 4 is 29.5 Å². The molecule has 0 aliphatic heterocycles. The molecule has 0 spiro atoms. The fourth-order valence-corrected chi connectivity index (χ4v) is 3.71. The first-order valence-electron chi connectivity index (χ1n) is 9.84. The van der Waals surface area contributed by atoms with E-state index in [-0.39, 0.29) is 12.5 Å². The molecule has 32 heavy (non-hydrogen) atoms. The van der Waals surface area contributed by atoms with E-state index in [2.05, 4.69) is 5.32 Å². The third-order valence-corrected chi connectivity index (χ3v) is 5.09. The number of nitrogens with one attached hydrogen (secondary N) is 1. The maximum absolute atomic E-state index is 12.7. The molecule has 0 bridgehead atoms. The van der Waals surface area contributed by atoms with Crippen LogP contribution in [0.2, 0.25) is 0 Å². The van der Waals surface area contributed by atoms with Gasteiger partial charge in [0.2, 0.25) is 0 Å². The normalized spacial score (nSPS) is 13.0. The number of ketones is 2. The summed E-state index contributed by atoms with van der Waals surface area (Å²) in [6.45, 7) is -0.680. The third kappa shape index (κ3) is 5.25. The van der Waals surface area contributed by atoms with E-state index in [1.54, 1.807) is 0 Å². The van der Waals surface area contributed by atoms with Crippen LogP contribution in [0.15, 0.2) is 48.5 Å². The second kappa shape index (κ2) is 9.97. The van der Waals surface area contributed by atoms with Crippen molar-refractivity contribution in [2.45, 2.75) is 24.8 Å². The van der Waals surface area contributed by atoms with Gasteiger partial charge in [0.15, 0.2) is 17.6 Å². The fourth-order valence-electron chi connectivity index (χ4n) is 3.71. The predicted molar refractivity (Wildman–Crippen MR) is 111 cm³/mol. The number of fused-ring (bicyclic) bond motifs is 3. The largest absolute Gasteiger partial charge is 0.481 e. The van der Waals surface area contributed by atoms with E-state index in [0.717, 1.165) is 22.3 Å². The topological polar surface area (TPSA) is 147 Å². The first-order valence-corrected chi connectivity index (χ1v) is 9.84. The number of carbonyl (C=O) groups is 5. The summed E-state index contributed by atoms with van der Waals surface area (Å²) in [4.78, 5) is 58.1. The van der Waals surface area contributed by atoms with Gasteiger partial charge in [0.1, 0.15) is 19.4 Å². The number of ether oxygens (including phenoxy) is 1. The van der Waals surface area contributed by atoms with Crippen molar-refractivity contribution in [2.24, 2.45) is 0 Å². The van der Waals surface area contributed by atoms with E-state index in [1.807, 2.05) is 48.5 Å². The van der Waals surface area contributed by atoms with Crippen LogP contribution in [0.25, 0.3) is 11.1 Å². The monoisotopic (exact) mass is 439 g/mol. The van der Waals surface area contributed by atoms with Gasteiger partial charge in [0.05, 0.1) is 6.54 Å². The van der Waals surface area contributed by atoms with Crippen molar-refractivity contribution in [3.63, 3.8) is 0 Å². The molecule has 3 rings (SSSR count). The molecule has 1 unspecified atom stereocenters. The summed E-state index contributed by atoms with van der Waals surface area (Å²) in [5, 5.41) is 19.9. The highest BCUT2D eigenvalue weighted by Crippen LogP contribution is 2.44. The molecule has 1 aliphatic carbocycles. The fraction of sp³-hybridized carbons (Fsp3) is 0.261. The van der Waals surface area contributed by atoms with Gasteiger partial charge >= 0.3 is 17.9 Å². The number of carbonyl (C=O) groups excluding carboxylic acids is 3. The van der Waals surface area contributed by atoms with Crippen molar-refractivity contribution in [3.8, 4) is 11.1 Å². The van der Waals surface area contributed by atoms with E-state index in [1.165, 1.54) is 0 Å². The predicted octanol–water partition coefficient (Wildman–Crippen LogP) is 1.39. The van der Waals surface area contributed by atoms with Gasteiger partial charge in [-0.25, -0.2) is 4.79 Å². The standard InChI is InChI=1S/C23H21NO8/c25-13(9-20(27)28)11-24-22(19(26)10-21(29)30)23(31)32-12-18-16-7-3-1-5-14(16)15-6-2-4-8-17(15)18/h1-8,18,22,24H,9-12H2,(H,27,28)(H,29,30). The van der Waals surface area contributed by atoms with E-state index >= 15 is 0 Å². The lowest BCUT2D eigenvalue weighted by Gasteiger charge is -2.18. The Morgan fingerprint density at radius 3 is 1.91 bits per heavy atom. The molecule has 0 saturated carbocycles. The average molecular weight is 439 g/mol. The lowest BCUT2D eigenvalue weighted by Crippen LogP contribution is -2.47. The smallest absolute Gasteiger partial charge is 0.330 e. The van der Waals surface area contributed by atoms with Crippen molar-refractivity contribution in [2.75, 3.05) is 13.2 Å². The lowest BCUT2D eigenvalue weighted by atomic mass is 9.98. The zero-order valence-corrected chi connectivity index (χ0v) is 16.9. The Hall–Kier alpha value is -3.85. The first-order chi connectivity index (χ1) is 15.3. The van der Waals surface area contributed by atoms with Crippen LogP contribution in [0.5, 0.6) is 0 Å². The maximum Gasteiger partial charge on any atom is 0.330 e. The van der Waals surface area contributed by atoms with Gasteiger partial charge in [-0.15, -0.1) is 0 Å². The van der Waals surface area contributed by atoms with Crippen LogP contribution in [-0.2, 0) is 28.7 Å². The van der Waals surface area contributed by atoms with Crippen molar-refractivity contribution < 1.29 is 38.9 Å². The average Bonchev–Trinajstić information content (AvgIpc) is 3.05. The van der Waals surface area contributed by atoms with E-state index < -0.39 is 54.9 Å². The number of benzene rings is 2. The number of aliphatic carboxylic acids is 2. The summed E-state index contributed by atoms with van der Waals surface area (Å²) < 4.78 is 5.38. The Morgan fingerprint density at radius 1 is 0.844 bits per heavy atom. The quantitative estimate of drug-likeness (QED) is 0.349. The van der Waals surface area contributed by atoms with Gasteiger partial charge < -0.3 is 14.9 Å². The highest BCUT2D eigenvalue weighted by Gasteiger charge is 2.33. The minimum absolute atomic E-state index is 0.0888. The number of carboxylic acids is 2. The van der Waals surface area contributed by atoms with Crippen molar-refractivity contribution in [1.29, 1.82) is 0 Å². The Bertz CT molecular complexity index is 1030. The molecule has 0 amide bonds. The first kappa shape index (κ1) is 22.8. The molecule has 2 aromatic carbocycles. The zero-order chi connectivity index (χ0) is 23.3. The molecule has 9 nitrogen and oxygen atoms in total. The Labute approximate surface area is 183 Å². The molecule has 0 radical (unpaired) electrons. The number of esters is 1. The molecule has 1 aliphatic rings. The van der Waals surface area contributed by atoms with Crippen LogP contribution in [-0.4, -0.2) is 58.9 Å². The molecule has 3 N–H and O–H groups in total. The molecule has 1 atom stereocenters. The summed E-state index contributed by atoms with van der Waals surface area (Å²) in [6.07, 6.45) is -1.74. The highest BCUT2D eigenvalue weighted by atomic mass is 16.5. The number of hydrogen-bond acceptors (Lipinski definition) is 7. The Balaban J connectivity index is 1.73. The van der Waals surface area contributed by atoms with E-state index in [4.69, 9.17) is 14.9 Å². The highest BCUT2D eigenvalue weighted by molar-refractivity contribution is 6.09. The summed E-state index contributed by atoms with van der Waals surface area (Å²) in [6, 6.07) is 13.6. The second-order valence-corrected chi connectivity index (χ2v) is 7.32. The molecular weight excluding hydrogens is 418 g/mol. The summed E-state index contributed by atoms with van der Waals surface area (Å²) >= 11 is 0. The van der Waals surface area contributed by atoms with Gasteiger partial charge in [-0.3, -0.25) is 24.5 Å². The van der Waals surface area contributed by atoms with Gasteiger partial charge in [-0.05, 0) is 22.3 Å². The minimum Gasteiger partial charge on any atom is -0.481 e. The van der Waals surface area contributed by atoms with Crippen molar-refractivity contribution in [1.82, 2.24) is 5.32 Å². The summed E-state index contributed by atoms with van der Waals surface area (Å²) in [5.41, 5.74) is 3.94. The van der Waals surface area contributed by atoms with Gasteiger partial charge in [-0.1, -0.05) is 48.5 Å². The van der Waals surface area contributed by atoms with Crippen molar-refractivity contribution in [3.05, 3.63) is 59.7 Å². The number of hydrogen-bond donors (Lipinski definition) is 3. The second-order valence-electron chi connectivity index (χ2n) is 7.32. The maximum atomic E-state index is 12.7. The third-order valence-electron chi connectivity index (χ3n) is 5.09. The molecule has 2 aromatic rings. The minimum atomic E-state index is -1.70. The van der Waals surface area contributed by atoms with Gasteiger partial charge in [-0.2, -0.15) is 0 Å². The van der Waals surface area contributed by atoms with Crippen LogP contribution in [0.4, 0.5) is 0 Å². The molecule has 0 saturated heterocycles. The molecule has 0 heterocycles. The van der Waals surface area contributed by atoms with Crippen LogP contribution in [0.1, 0.15) is 29.9 Å². The SMILES string of the molecule is O=C(O)CC(=O)CNC(C(=O)CC(=O)O)C(=O)OCC1c2ccccc2-c2ccccc21. The molecular formula is C23H21NO8. The molecule has 9 heteroatoms. The number of carboxylic acid groups (broad SMARTS) is 2. The van der Waals surface area contributed by atoms with Gasteiger partial charge in [0.25, 0.3) is 0 Å². The zero-order valence-electron chi connectivity index (χ0n) is 16.9. The molecule has 166 valence electrons. The number of rotatable bonds is 11. The summed E-state index contributed by atoms with van der Waals surface area (Å²) in [7, 11) is 0. The van der Waals surface area contributed by atoms with Crippen LogP contribution in [0.3, 0.4) is 0 Å². The number of Topliss-reactive ketones (excluding diaryl/α,β-unsaturated/α-hetero) is 2. The Morgan fingerprint density at radius 2 is 1.38 bits per heavy atom. The van der Waals surface area contributed by atoms with Crippen LogP contribution < -0.4 is 5.32 Å². The molecule has 0 fully saturated rings. The van der Waals surface area contributed by atoms with Gasteiger partial charge in [0, 0.05) is 5.92 Å². The van der Waals surface area contributed by atoms with Crippen LogP contribution >= 0.6 is 0 Å².